The maximum Gasteiger partial charge on any atom is 0.256 e. The fraction of sp³-hybridized carbons (Fsp3) is 0.360. The lowest BCUT2D eigenvalue weighted by Gasteiger charge is -2.34. The zero-order valence-electron chi connectivity index (χ0n) is 18.5. The Morgan fingerprint density at radius 2 is 1.61 bits per heavy atom. The molecule has 6 heteroatoms. The smallest absolute Gasteiger partial charge is 0.256 e. The van der Waals surface area contributed by atoms with Gasteiger partial charge in [-0.1, -0.05) is 19.1 Å². The Morgan fingerprint density at radius 3 is 2.26 bits per heavy atom. The molecule has 1 saturated heterocycles. The predicted octanol–water partition coefficient (Wildman–Crippen LogP) is 4.82. The van der Waals surface area contributed by atoms with Crippen LogP contribution in [0.2, 0.25) is 0 Å². The van der Waals surface area contributed by atoms with E-state index in [2.05, 4.69) is 57.4 Å². The van der Waals surface area contributed by atoms with E-state index in [4.69, 9.17) is 0 Å². The maximum absolute atomic E-state index is 12.7. The monoisotopic (exact) mass is 434 g/mol. The van der Waals surface area contributed by atoms with E-state index in [1.807, 2.05) is 32.0 Å². The van der Waals surface area contributed by atoms with Gasteiger partial charge in [0.25, 0.3) is 5.91 Å². The van der Waals surface area contributed by atoms with E-state index < -0.39 is 0 Å². The summed E-state index contributed by atoms with van der Waals surface area (Å²) < 4.78 is 0. The highest BCUT2D eigenvalue weighted by molar-refractivity contribution is 7.19. The first-order chi connectivity index (χ1) is 15.0. The van der Waals surface area contributed by atoms with Crippen LogP contribution in [0.5, 0.6) is 0 Å². The molecule has 1 aromatic carbocycles. The summed E-state index contributed by atoms with van der Waals surface area (Å²) >= 11 is 1.58. The Kier molecular flexibility index (Phi) is 6.80. The van der Waals surface area contributed by atoms with Gasteiger partial charge in [-0.15, -0.1) is 11.3 Å². The van der Waals surface area contributed by atoms with E-state index >= 15 is 0 Å². The highest BCUT2D eigenvalue weighted by Crippen LogP contribution is 2.32. The SMILES string of the molecule is CCN1CCN(Cc2ccc(C(=O)Nc3ccc(-c4cc(C)nc(C)c4)s3)cc2)CC1. The standard InChI is InChI=1S/C25H30N4OS/c1-4-28-11-13-29(14-12-28)17-20-5-7-21(8-6-20)25(30)27-24-10-9-23(31-24)22-15-18(2)26-19(3)16-22/h5-10,15-16H,4,11-14,17H2,1-3H3,(H,27,30). The number of rotatable bonds is 6. The molecule has 3 heterocycles. The number of nitrogens with one attached hydrogen (secondary N) is 1. The van der Waals surface area contributed by atoms with Crippen molar-refractivity contribution < 1.29 is 4.79 Å². The van der Waals surface area contributed by atoms with Crippen LogP contribution in [0.4, 0.5) is 5.00 Å². The van der Waals surface area contributed by atoms with Crippen LogP contribution >= 0.6 is 11.3 Å². The molecule has 1 fully saturated rings. The second kappa shape index (κ2) is 9.73. The minimum atomic E-state index is -0.0707. The average Bonchev–Trinajstić information content (AvgIpc) is 3.23. The largest absolute Gasteiger partial charge is 0.314 e. The number of likely N-dealkylation sites (N-methyl/N-ethyl adjacent to an activating group) is 1. The van der Waals surface area contributed by atoms with Gasteiger partial charge in [0.2, 0.25) is 0 Å². The molecule has 162 valence electrons. The Balaban J connectivity index is 1.35. The summed E-state index contributed by atoms with van der Waals surface area (Å²) in [5.74, 6) is -0.0707. The van der Waals surface area contributed by atoms with E-state index in [9.17, 15) is 4.79 Å². The van der Waals surface area contributed by atoms with Crippen LogP contribution in [0.1, 0.15) is 34.2 Å². The number of carbonyl (C=O) groups is 1. The highest BCUT2D eigenvalue weighted by Gasteiger charge is 2.16. The lowest BCUT2D eigenvalue weighted by atomic mass is 10.1. The lowest BCUT2D eigenvalue weighted by Crippen LogP contribution is -2.45. The molecule has 0 unspecified atom stereocenters. The van der Waals surface area contributed by atoms with Gasteiger partial charge in [0, 0.05) is 54.6 Å². The van der Waals surface area contributed by atoms with Crippen LogP contribution in [0.15, 0.2) is 48.5 Å². The van der Waals surface area contributed by atoms with Crippen LogP contribution in [-0.2, 0) is 6.54 Å². The summed E-state index contributed by atoms with van der Waals surface area (Å²) in [5.41, 5.74) is 5.08. The van der Waals surface area contributed by atoms with Gasteiger partial charge < -0.3 is 10.2 Å². The van der Waals surface area contributed by atoms with Crippen molar-refractivity contribution in [2.45, 2.75) is 27.3 Å². The molecule has 1 amide bonds. The molecule has 1 aliphatic rings. The van der Waals surface area contributed by atoms with E-state index in [0.717, 1.165) is 66.1 Å². The summed E-state index contributed by atoms with van der Waals surface area (Å²) in [5, 5.41) is 3.89. The molecule has 1 aliphatic heterocycles. The van der Waals surface area contributed by atoms with Crippen molar-refractivity contribution in [2.24, 2.45) is 0 Å². The first-order valence-corrected chi connectivity index (χ1v) is 11.7. The molecule has 0 atom stereocenters. The van der Waals surface area contributed by atoms with Crippen molar-refractivity contribution in [3.63, 3.8) is 0 Å². The highest BCUT2D eigenvalue weighted by atomic mass is 32.1. The lowest BCUT2D eigenvalue weighted by molar-refractivity contribution is 0.102. The quantitative estimate of drug-likeness (QED) is 0.604. The van der Waals surface area contributed by atoms with E-state index in [0.29, 0.717) is 5.56 Å². The molecule has 0 spiro atoms. The van der Waals surface area contributed by atoms with Crippen molar-refractivity contribution in [3.05, 3.63) is 71.0 Å². The molecule has 0 aliphatic carbocycles. The number of nitrogens with zero attached hydrogens (tertiary/aromatic N) is 3. The Morgan fingerprint density at radius 1 is 0.968 bits per heavy atom. The molecule has 0 radical (unpaired) electrons. The minimum Gasteiger partial charge on any atom is -0.314 e. The van der Waals surface area contributed by atoms with Gasteiger partial charge in [0.05, 0.1) is 5.00 Å². The first-order valence-electron chi connectivity index (χ1n) is 10.9. The van der Waals surface area contributed by atoms with Gasteiger partial charge in [-0.05, 0) is 67.9 Å². The zero-order valence-corrected chi connectivity index (χ0v) is 19.3. The van der Waals surface area contributed by atoms with Crippen LogP contribution in [0.3, 0.4) is 0 Å². The molecule has 3 aromatic rings. The summed E-state index contributed by atoms with van der Waals surface area (Å²) in [4.78, 5) is 23.2. The number of hydrogen-bond acceptors (Lipinski definition) is 5. The number of pyridine rings is 1. The number of benzene rings is 1. The van der Waals surface area contributed by atoms with Crippen LogP contribution < -0.4 is 5.32 Å². The number of aryl methyl sites for hydroxylation is 2. The number of hydrogen-bond donors (Lipinski definition) is 1. The van der Waals surface area contributed by atoms with Gasteiger partial charge >= 0.3 is 0 Å². The average molecular weight is 435 g/mol. The molecule has 31 heavy (non-hydrogen) atoms. The van der Waals surface area contributed by atoms with Crippen molar-refractivity contribution in [1.29, 1.82) is 0 Å². The van der Waals surface area contributed by atoms with Crippen molar-refractivity contribution in [1.82, 2.24) is 14.8 Å². The molecule has 5 nitrogen and oxygen atoms in total. The molecule has 2 aromatic heterocycles. The molecular weight excluding hydrogens is 404 g/mol. The summed E-state index contributed by atoms with van der Waals surface area (Å²) in [6, 6.07) is 16.2. The Hall–Kier alpha value is -2.54. The Bertz CT molecular complexity index is 1020. The number of thiophene rings is 1. The van der Waals surface area contributed by atoms with Crippen LogP contribution in [-0.4, -0.2) is 53.4 Å². The minimum absolute atomic E-state index is 0.0707. The third kappa shape index (κ3) is 5.58. The fourth-order valence-corrected chi connectivity index (χ4v) is 4.89. The summed E-state index contributed by atoms with van der Waals surface area (Å²) in [7, 11) is 0. The van der Waals surface area contributed by atoms with E-state index in [-0.39, 0.29) is 5.91 Å². The first kappa shape index (κ1) is 21.7. The van der Waals surface area contributed by atoms with Crippen molar-refractivity contribution in [3.8, 4) is 10.4 Å². The molecule has 0 saturated carbocycles. The van der Waals surface area contributed by atoms with Crippen LogP contribution in [0.25, 0.3) is 10.4 Å². The van der Waals surface area contributed by atoms with Gasteiger partial charge in [-0.2, -0.15) is 0 Å². The van der Waals surface area contributed by atoms with E-state index in [1.54, 1.807) is 11.3 Å². The molecule has 0 bridgehead atoms. The summed E-state index contributed by atoms with van der Waals surface area (Å²) in [6.45, 7) is 12.8. The number of piperazine rings is 1. The molecule has 4 rings (SSSR count). The summed E-state index contributed by atoms with van der Waals surface area (Å²) in [6.07, 6.45) is 0. The molecular formula is C25H30N4OS. The van der Waals surface area contributed by atoms with E-state index in [1.165, 1.54) is 5.56 Å². The number of carbonyl (C=O) groups excluding carboxylic acids is 1. The van der Waals surface area contributed by atoms with Crippen molar-refractivity contribution in [2.75, 3.05) is 38.0 Å². The van der Waals surface area contributed by atoms with Crippen molar-refractivity contribution >= 4 is 22.2 Å². The maximum atomic E-state index is 12.7. The topological polar surface area (TPSA) is 48.5 Å². The second-order valence-corrected chi connectivity index (χ2v) is 9.25. The second-order valence-electron chi connectivity index (χ2n) is 8.16. The van der Waals surface area contributed by atoms with Crippen LogP contribution in [0, 0.1) is 13.8 Å². The van der Waals surface area contributed by atoms with Gasteiger partial charge in [-0.25, -0.2) is 0 Å². The number of anilines is 1. The van der Waals surface area contributed by atoms with Gasteiger partial charge in [0.15, 0.2) is 0 Å². The Labute approximate surface area is 188 Å². The zero-order chi connectivity index (χ0) is 21.8. The van der Waals surface area contributed by atoms with Gasteiger partial charge in [0.1, 0.15) is 0 Å². The number of aromatic nitrogens is 1. The predicted molar refractivity (Wildman–Crippen MR) is 129 cm³/mol. The normalized spacial score (nSPS) is 15.2. The number of amides is 1. The third-order valence-corrected chi connectivity index (χ3v) is 6.79. The fourth-order valence-electron chi connectivity index (χ4n) is 4.00. The third-order valence-electron chi connectivity index (χ3n) is 5.74. The molecule has 1 N–H and O–H groups in total. The van der Waals surface area contributed by atoms with Gasteiger partial charge in [-0.3, -0.25) is 14.7 Å².